The first-order chi connectivity index (χ1) is 11.9. The van der Waals surface area contributed by atoms with Gasteiger partial charge in [-0.05, 0) is 57.2 Å². The lowest BCUT2D eigenvalue weighted by atomic mass is 9.78. The van der Waals surface area contributed by atoms with Crippen LogP contribution in [-0.4, -0.2) is 37.4 Å². The molecule has 5 heteroatoms. The third-order valence-electron chi connectivity index (χ3n) is 5.46. The molecule has 1 aromatic rings. The van der Waals surface area contributed by atoms with Crippen molar-refractivity contribution < 1.29 is 23.8 Å². The lowest BCUT2D eigenvalue weighted by Crippen LogP contribution is -2.41. The summed E-state index contributed by atoms with van der Waals surface area (Å²) in [6.07, 6.45) is 0.525. The van der Waals surface area contributed by atoms with Crippen LogP contribution in [0.25, 0.3) is 0 Å². The number of carbonyl (C=O) groups excluding carboxylic acids is 2. The minimum absolute atomic E-state index is 0.0948. The smallest absolute Gasteiger partial charge is 0.319 e. The van der Waals surface area contributed by atoms with Gasteiger partial charge >= 0.3 is 5.97 Å². The quantitative estimate of drug-likeness (QED) is 0.606. The Hall–Kier alpha value is -1.72. The molecule has 25 heavy (non-hydrogen) atoms. The second-order valence-electron chi connectivity index (χ2n) is 7.22. The summed E-state index contributed by atoms with van der Waals surface area (Å²) >= 11 is 0. The van der Waals surface area contributed by atoms with Crippen molar-refractivity contribution in [2.75, 3.05) is 13.4 Å². The van der Waals surface area contributed by atoms with Crippen molar-refractivity contribution in [3.8, 4) is 0 Å². The van der Waals surface area contributed by atoms with Crippen LogP contribution in [0.15, 0.2) is 12.1 Å². The predicted octanol–water partition coefficient (Wildman–Crippen LogP) is 2.81. The van der Waals surface area contributed by atoms with E-state index in [1.807, 2.05) is 20.8 Å². The number of rotatable bonds is 5. The van der Waals surface area contributed by atoms with Crippen molar-refractivity contribution in [2.45, 2.75) is 59.2 Å². The average molecular weight is 346 g/mol. The first-order valence-electron chi connectivity index (χ1n) is 8.88. The van der Waals surface area contributed by atoms with Gasteiger partial charge < -0.3 is 14.2 Å². The van der Waals surface area contributed by atoms with Gasteiger partial charge in [-0.1, -0.05) is 17.7 Å². The fourth-order valence-electron chi connectivity index (χ4n) is 4.18. The van der Waals surface area contributed by atoms with E-state index in [0.717, 1.165) is 16.7 Å². The molecule has 1 saturated heterocycles. The van der Waals surface area contributed by atoms with Gasteiger partial charge in [0.1, 0.15) is 12.2 Å². The van der Waals surface area contributed by atoms with Gasteiger partial charge in [0, 0.05) is 6.42 Å². The summed E-state index contributed by atoms with van der Waals surface area (Å²) in [5.41, 5.74) is 3.17. The molecule has 0 amide bonds. The van der Waals surface area contributed by atoms with Crippen LogP contribution in [0, 0.1) is 26.2 Å². The number of carbonyl (C=O) groups is 2. The molecule has 1 heterocycles. The van der Waals surface area contributed by atoms with Gasteiger partial charge in [0.05, 0.1) is 18.8 Å². The number of esters is 1. The summed E-state index contributed by atoms with van der Waals surface area (Å²) in [6, 6.07) is 4.14. The monoisotopic (exact) mass is 346 g/mol. The molecule has 0 aromatic heterocycles. The van der Waals surface area contributed by atoms with Gasteiger partial charge in [-0.15, -0.1) is 0 Å². The van der Waals surface area contributed by atoms with E-state index >= 15 is 0 Å². The van der Waals surface area contributed by atoms with Crippen LogP contribution in [0.4, 0.5) is 0 Å². The molecule has 2 unspecified atom stereocenters. The van der Waals surface area contributed by atoms with E-state index < -0.39 is 11.4 Å². The van der Waals surface area contributed by atoms with Crippen LogP contribution in [0.2, 0.25) is 0 Å². The maximum absolute atomic E-state index is 13.3. The number of aryl methyl sites for hydroxylation is 3. The third-order valence-corrected chi connectivity index (χ3v) is 5.46. The van der Waals surface area contributed by atoms with Gasteiger partial charge in [-0.25, -0.2) is 0 Å². The van der Waals surface area contributed by atoms with Gasteiger partial charge in [0.25, 0.3) is 0 Å². The number of ether oxygens (including phenoxy) is 3. The molecule has 0 bridgehead atoms. The molecule has 0 radical (unpaired) electrons. The standard InChI is InChI=1S/C20H26O5/c1-5-23-19(22)20(9-16-17(10-20)25-11-24-16)18(21)8-15-13(3)6-12(2)7-14(15)4/h6-7,16-17H,5,8-11H2,1-4H3. The molecule has 0 N–H and O–H groups in total. The Labute approximate surface area is 148 Å². The Morgan fingerprint density at radius 3 is 2.20 bits per heavy atom. The van der Waals surface area contributed by atoms with Crippen LogP contribution in [0.3, 0.4) is 0 Å². The molecular formula is C20H26O5. The molecule has 1 aliphatic carbocycles. The van der Waals surface area contributed by atoms with Crippen molar-refractivity contribution in [2.24, 2.45) is 5.41 Å². The zero-order chi connectivity index (χ0) is 18.2. The van der Waals surface area contributed by atoms with Crippen LogP contribution in [0.5, 0.6) is 0 Å². The summed E-state index contributed by atoms with van der Waals surface area (Å²) in [5.74, 6) is -0.536. The van der Waals surface area contributed by atoms with E-state index in [9.17, 15) is 9.59 Å². The molecule has 2 fully saturated rings. The second kappa shape index (κ2) is 6.89. The maximum Gasteiger partial charge on any atom is 0.319 e. The number of fused-ring (bicyclic) bond motifs is 1. The van der Waals surface area contributed by atoms with E-state index in [-0.39, 0.29) is 37.8 Å². The van der Waals surface area contributed by atoms with Crippen molar-refractivity contribution in [1.29, 1.82) is 0 Å². The minimum Gasteiger partial charge on any atom is -0.465 e. The second-order valence-corrected chi connectivity index (χ2v) is 7.22. The van der Waals surface area contributed by atoms with Crippen LogP contribution < -0.4 is 0 Å². The Balaban J connectivity index is 1.89. The number of Topliss-reactive ketones (excluding diaryl/α,β-unsaturated/α-hetero) is 1. The first kappa shape index (κ1) is 18.1. The first-order valence-corrected chi connectivity index (χ1v) is 8.88. The van der Waals surface area contributed by atoms with Crippen LogP contribution >= 0.6 is 0 Å². The highest BCUT2D eigenvalue weighted by atomic mass is 16.7. The number of hydrogen-bond acceptors (Lipinski definition) is 5. The van der Waals surface area contributed by atoms with Crippen molar-refractivity contribution in [3.05, 3.63) is 34.4 Å². The highest BCUT2D eigenvalue weighted by molar-refractivity contribution is 6.05. The maximum atomic E-state index is 13.3. The van der Waals surface area contributed by atoms with E-state index in [2.05, 4.69) is 12.1 Å². The Morgan fingerprint density at radius 1 is 1.12 bits per heavy atom. The highest BCUT2D eigenvalue weighted by Gasteiger charge is 2.58. The summed E-state index contributed by atoms with van der Waals surface area (Å²) < 4.78 is 16.3. The van der Waals surface area contributed by atoms with E-state index in [1.165, 1.54) is 5.56 Å². The lowest BCUT2D eigenvalue weighted by Gasteiger charge is -2.26. The van der Waals surface area contributed by atoms with E-state index in [1.54, 1.807) is 6.92 Å². The van der Waals surface area contributed by atoms with E-state index in [4.69, 9.17) is 14.2 Å². The van der Waals surface area contributed by atoms with E-state index in [0.29, 0.717) is 12.8 Å². The molecule has 1 aromatic carbocycles. The average Bonchev–Trinajstić information content (AvgIpc) is 3.10. The normalized spacial score (nSPS) is 28.0. The van der Waals surface area contributed by atoms with Crippen LogP contribution in [-0.2, 0) is 30.2 Å². The molecule has 3 rings (SSSR count). The molecule has 2 aliphatic rings. The third kappa shape index (κ3) is 3.23. The zero-order valence-corrected chi connectivity index (χ0v) is 15.4. The molecule has 0 spiro atoms. The van der Waals surface area contributed by atoms with Gasteiger partial charge in [-0.3, -0.25) is 9.59 Å². The molecular weight excluding hydrogens is 320 g/mol. The number of hydrogen-bond donors (Lipinski definition) is 0. The molecule has 136 valence electrons. The lowest BCUT2D eigenvalue weighted by molar-refractivity contribution is -0.162. The summed E-state index contributed by atoms with van der Waals surface area (Å²) in [4.78, 5) is 26.0. The van der Waals surface area contributed by atoms with Gasteiger partial charge in [0.2, 0.25) is 0 Å². The SMILES string of the molecule is CCOC(=O)C1(C(=O)Cc2c(C)cc(C)cc2C)CC2OCOC2C1. The summed E-state index contributed by atoms with van der Waals surface area (Å²) in [5, 5.41) is 0. The summed E-state index contributed by atoms with van der Waals surface area (Å²) in [7, 11) is 0. The number of benzene rings is 1. The van der Waals surface area contributed by atoms with Gasteiger partial charge in [-0.2, -0.15) is 0 Å². The summed E-state index contributed by atoms with van der Waals surface area (Å²) in [6.45, 7) is 8.31. The van der Waals surface area contributed by atoms with Crippen molar-refractivity contribution in [1.82, 2.24) is 0 Å². The zero-order valence-electron chi connectivity index (χ0n) is 15.4. The predicted molar refractivity (Wildman–Crippen MR) is 92.3 cm³/mol. The largest absolute Gasteiger partial charge is 0.465 e. The molecule has 5 nitrogen and oxygen atoms in total. The molecule has 1 saturated carbocycles. The Kier molecular flexibility index (Phi) is 4.98. The van der Waals surface area contributed by atoms with Crippen molar-refractivity contribution in [3.63, 3.8) is 0 Å². The fourth-order valence-corrected chi connectivity index (χ4v) is 4.18. The topological polar surface area (TPSA) is 61.8 Å². The fraction of sp³-hybridized carbons (Fsp3) is 0.600. The molecule has 2 atom stereocenters. The Morgan fingerprint density at radius 2 is 1.68 bits per heavy atom. The van der Waals surface area contributed by atoms with Gasteiger partial charge in [0.15, 0.2) is 5.78 Å². The van der Waals surface area contributed by atoms with Crippen molar-refractivity contribution >= 4 is 11.8 Å². The molecule has 1 aliphatic heterocycles. The highest BCUT2D eigenvalue weighted by Crippen LogP contribution is 2.46. The Bertz CT molecular complexity index is 658. The minimum atomic E-state index is -1.16. The van der Waals surface area contributed by atoms with Crippen LogP contribution in [0.1, 0.15) is 42.0 Å². The number of ketones is 1.